The average Bonchev–Trinajstić information content (AvgIpc) is 3.45. The Morgan fingerprint density at radius 1 is 1.07 bits per heavy atom. The van der Waals surface area contributed by atoms with Crippen LogP contribution < -0.4 is 20.1 Å². The Labute approximate surface area is 173 Å². The number of fused-ring (bicyclic) bond motifs is 3. The van der Waals surface area contributed by atoms with E-state index in [0.29, 0.717) is 23.7 Å². The molecular formula is C22H21N5O3. The first-order valence-electron chi connectivity index (χ1n) is 10.2. The second kappa shape index (κ2) is 6.56. The van der Waals surface area contributed by atoms with Crippen LogP contribution in [0, 0.1) is 0 Å². The van der Waals surface area contributed by atoms with E-state index in [-0.39, 0.29) is 18.1 Å². The number of nitrogens with zero attached hydrogens (tertiary/aromatic N) is 2. The highest BCUT2D eigenvalue weighted by Crippen LogP contribution is 2.38. The molecule has 152 valence electrons. The smallest absolute Gasteiger partial charge is 0.253 e. The van der Waals surface area contributed by atoms with Crippen molar-refractivity contribution in [1.82, 2.24) is 25.6 Å². The summed E-state index contributed by atoms with van der Waals surface area (Å²) < 4.78 is 10.9. The van der Waals surface area contributed by atoms with Gasteiger partial charge in [0.05, 0.1) is 17.0 Å². The lowest BCUT2D eigenvalue weighted by atomic mass is 9.74. The summed E-state index contributed by atoms with van der Waals surface area (Å²) in [5.74, 6) is 1.98. The molecule has 8 nitrogen and oxygen atoms in total. The highest BCUT2D eigenvalue weighted by Gasteiger charge is 2.42. The molecule has 0 saturated carbocycles. The summed E-state index contributed by atoms with van der Waals surface area (Å²) in [7, 11) is 0. The highest BCUT2D eigenvalue weighted by atomic mass is 16.7. The molecule has 3 aromatic rings. The van der Waals surface area contributed by atoms with E-state index < -0.39 is 0 Å². The number of amides is 1. The molecule has 3 aliphatic rings. The fourth-order valence-corrected chi connectivity index (χ4v) is 4.64. The van der Waals surface area contributed by atoms with E-state index in [2.05, 4.69) is 20.6 Å². The van der Waals surface area contributed by atoms with Crippen molar-refractivity contribution in [3.05, 3.63) is 47.8 Å². The molecule has 1 atom stereocenters. The zero-order valence-corrected chi connectivity index (χ0v) is 16.3. The number of aromatic nitrogens is 3. The fraction of sp³-hybridized carbons (Fsp3) is 0.318. The number of carbonyl (C=O) groups excluding carboxylic acids is 1. The molecule has 1 spiro atoms. The molecule has 30 heavy (non-hydrogen) atoms. The van der Waals surface area contributed by atoms with Crippen LogP contribution in [0.4, 0.5) is 0 Å². The molecule has 1 aromatic carbocycles. The van der Waals surface area contributed by atoms with Crippen LogP contribution in [0.3, 0.4) is 0 Å². The Morgan fingerprint density at radius 2 is 2.00 bits per heavy atom. The van der Waals surface area contributed by atoms with Gasteiger partial charge in [-0.2, -0.15) is 0 Å². The fourth-order valence-electron chi connectivity index (χ4n) is 4.64. The van der Waals surface area contributed by atoms with Crippen molar-refractivity contribution >= 4 is 5.91 Å². The van der Waals surface area contributed by atoms with Crippen LogP contribution in [0.5, 0.6) is 11.5 Å². The van der Waals surface area contributed by atoms with Gasteiger partial charge in [-0.05, 0) is 49.7 Å². The van der Waals surface area contributed by atoms with Crippen LogP contribution in [0.25, 0.3) is 22.8 Å². The Bertz CT molecular complexity index is 1150. The third-order valence-corrected chi connectivity index (χ3v) is 6.21. The zero-order valence-electron chi connectivity index (χ0n) is 16.3. The van der Waals surface area contributed by atoms with Crippen LogP contribution in [0.2, 0.25) is 0 Å². The van der Waals surface area contributed by atoms with Crippen molar-refractivity contribution in [2.24, 2.45) is 0 Å². The van der Waals surface area contributed by atoms with Crippen molar-refractivity contribution in [3.63, 3.8) is 0 Å². The maximum absolute atomic E-state index is 12.5. The van der Waals surface area contributed by atoms with E-state index in [0.717, 1.165) is 54.3 Å². The second-order valence-electron chi connectivity index (χ2n) is 8.05. The minimum absolute atomic E-state index is 0.0336. The summed E-state index contributed by atoms with van der Waals surface area (Å²) >= 11 is 0. The van der Waals surface area contributed by atoms with E-state index in [1.165, 1.54) is 0 Å². The lowest BCUT2D eigenvalue weighted by molar-refractivity contribution is 0.0915. The zero-order chi connectivity index (χ0) is 20.1. The molecular weight excluding hydrogens is 382 g/mol. The lowest BCUT2D eigenvalue weighted by Crippen LogP contribution is -2.54. The van der Waals surface area contributed by atoms with E-state index >= 15 is 0 Å². The highest BCUT2D eigenvalue weighted by molar-refractivity contribution is 5.98. The summed E-state index contributed by atoms with van der Waals surface area (Å²) in [4.78, 5) is 25.3. The molecule has 0 unspecified atom stereocenters. The Morgan fingerprint density at radius 3 is 2.90 bits per heavy atom. The monoisotopic (exact) mass is 403 g/mol. The number of piperidine rings is 1. The first kappa shape index (κ1) is 17.5. The van der Waals surface area contributed by atoms with E-state index in [4.69, 9.17) is 14.5 Å². The van der Waals surface area contributed by atoms with Gasteiger partial charge in [0.2, 0.25) is 6.79 Å². The number of hydrogen-bond acceptors (Lipinski definition) is 6. The van der Waals surface area contributed by atoms with Gasteiger partial charge in [-0.25, -0.2) is 9.97 Å². The minimum Gasteiger partial charge on any atom is -0.454 e. The van der Waals surface area contributed by atoms with Crippen molar-refractivity contribution in [2.75, 3.05) is 26.4 Å². The van der Waals surface area contributed by atoms with Crippen LogP contribution in [-0.4, -0.2) is 47.3 Å². The van der Waals surface area contributed by atoms with E-state index in [1.807, 2.05) is 30.3 Å². The van der Waals surface area contributed by atoms with Crippen molar-refractivity contribution in [3.8, 4) is 34.3 Å². The summed E-state index contributed by atoms with van der Waals surface area (Å²) in [6, 6.07) is 9.44. The maximum atomic E-state index is 12.5. The van der Waals surface area contributed by atoms with Crippen LogP contribution >= 0.6 is 0 Å². The largest absolute Gasteiger partial charge is 0.454 e. The number of carbonyl (C=O) groups is 1. The van der Waals surface area contributed by atoms with Gasteiger partial charge in [-0.1, -0.05) is 0 Å². The normalized spacial score (nSPS) is 22.1. The van der Waals surface area contributed by atoms with Gasteiger partial charge in [0.15, 0.2) is 17.3 Å². The number of rotatable bonds is 2. The summed E-state index contributed by atoms with van der Waals surface area (Å²) in [6.07, 6.45) is 3.87. The van der Waals surface area contributed by atoms with E-state index in [9.17, 15) is 4.79 Å². The van der Waals surface area contributed by atoms with Gasteiger partial charge < -0.3 is 25.1 Å². The number of benzene rings is 1. The second-order valence-corrected chi connectivity index (χ2v) is 8.05. The summed E-state index contributed by atoms with van der Waals surface area (Å²) in [6.45, 7) is 2.75. The lowest BCUT2D eigenvalue weighted by Gasteiger charge is -2.40. The summed E-state index contributed by atoms with van der Waals surface area (Å²) in [5.41, 5.74) is 4.06. The molecule has 3 N–H and O–H groups in total. The molecule has 6 rings (SSSR count). The van der Waals surface area contributed by atoms with Gasteiger partial charge in [0.25, 0.3) is 5.91 Å². The number of ether oxygens (including phenoxy) is 2. The SMILES string of the molecule is O=C1NC[C@]2(CCCNC2)c2[nH]c(-c3ccnc(-c4ccc5c(c4)OCO5)n3)cc21. The summed E-state index contributed by atoms with van der Waals surface area (Å²) in [5, 5.41) is 6.55. The molecule has 8 heteroatoms. The van der Waals surface area contributed by atoms with Crippen molar-refractivity contribution in [2.45, 2.75) is 18.3 Å². The topological polar surface area (TPSA) is 101 Å². The molecule has 1 saturated heterocycles. The van der Waals surface area contributed by atoms with E-state index in [1.54, 1.807) is 6.20 Å². The number of aromatic amines is 1. The minimum atomic E-state index is -0.0904. The molecule has 1 fully saturated rings. The Hall–Kier alpha value is -3.39. The van der Waals surface area contributed by atoms with Gasteiger partial charge in [0, 0.05) is 36.0 Å². The molecule has 1 amide bonds. The predicted molar refractivity (Wildman–Crippen MR) is 109 cm³/mol. The van der Waals surface area contributed by atoms with Gasteiger partial charge in [0.1, 0.15) is 0 Å². The Kier molecular flexibility index (Phi) is 3.82. The van der Waals surface area contributed by atoms with Crippen LogP contribution in [0.1, 0.15) is 28.9 Å². The number of H-pyrrole nitrogens is 1. The molecule has 5 heterocycles. The maximum Gasteiger partial charge on any atom is 0.253 e. The standard InChI is InChI=1S/C22H21N5O3/c28-21-14-9-16(26-19(14)22(11-25-21)5-1-6-23-10-22)15-4-7-24-20(27-15)13-2-3-17-18(8-13)30-12-29-17/h2-4,7-9,23,26H,1,5-6,10-12H2,(H,25,28)/t22-/m1/s1. The van der Waals surface area contributed by atoms with Crippen molar-refractivity contribution in [1.29, 1.82) is 0 Å². The first-order chi connectivity index (χ1) is 14.7. The van der Waals surface area contributed by atoms with Gasteiger partial charge in [-0.3, -0.25) is 4.79 Å². The van der Waals surface area contributed by atoms with Crippen LogP contribution in [-0.2, 0) is 5.41 Å². The average molecular weight is 403 g/mol. The molecule has 0 bridgehead atoms. The van der Waals surface area contributed by atoms with Gasteiger partial charge in [-0.15, -0.1) is 0 Å². The Balaban J connectivity index is 1.40. The molecule has 2 aromatic heterocycles. The molecule has 0 aliphatic carbocycles. The molecule has 0 radical (unpaired) electrons. The molecule has 3 aliphatic heterocycles. The quantitative estimate of drug-likeness (QED) is 0.607. The number of nitrogens with one attached hydrogen (secondary N) is 3. The third kappa shape index (κ3) is 2.68. The predicted octanol–water partition coefficient (Wildman–Crippen LogP) is 2.23. The van der Waals surface area contributed by atoms with Crippen molar-refractivity contribution < 1.29 is 14.3 Å². The van der Waals surface area contributed by atoms with Gasteiger partial charge >= 0.3 is 0 Å². The first-order valence-corrected chi connectivity index (χ1v) is 10.2. The number of hydrogen-bond donors (Lipinski definition) is 3. The third-order valence-electron chi connectivity index (χ3n) is 6.21. The van der Waals surface area contributed by atoms with Crippen LogP contribution in [0.15, 0.2) is 36.5 Å².